The van der Waals surface area contributed by atoms with Gasteiger partial charge in [0.05, 0.1) is 4.92 Å². The zero-order valence-electron chi connectivity index (χ0n) is 10.6. The number of aryl methyl sites for hydroxylation is 1. The number of hydrogen-bond acceptors (Lipinski definition) is 5. The molecule has 0 saturated carbocycles. The van der Waals surface area contributed by atoms with Gasteiger partial charge in [-0.25, -0.2) is 4.68 Å². The summed E-state index contributed by atoms with van der Waals surface area (Å²) in [5, 5.41) is 18.2. The van der Waals surface area contributed by atoms with Gasteiger partial charge in [0.2, 0.25) is 5.82 Å². The molecule has 0 spiro atoms. The van der Waals surface area contributed by atoms with Gasteiger partial charge in [-0.1, -0.05) is 0 Å². The molecule has 1 atom stereocenters. The quantitative estimate of drug-likeness (QED) is 0.600. The van der Waals surface area contributed by atoms with E-state index in [2.05, 4.69) is 10.4 Å². The summed E-state index contributed by atoms with van der Waals surface area (Å²) in [6.45, 7) is 7.79. The molecule has 3 N–H and O–H groups in total. The first-order valence-corrected chi connectivity index (χ1v) is 5.57. The average Bonchev–Trinajstić information content (AvgIpc) is 2.52. The van der Waals surface area contributed by atoms with E-state index >= 15 is 0 Å². The summed E-state index contributed by atoms with van der Waals surface area (Å²) in [5.74, 6) is 0.430. The van der Waals surface area contributed by atoms with E-state index in [0.717, 1.165) is 0 Å². The van der Waals surface area contributed by atoms with Gasteiger partial charge in [0.25, 0.3) is 0 Å². The predicted molar refractivity (Wildman–Crippen MR) is 66.1 cm³/mol. The van der Waals surface area contributed by atoms with Crippen molar-refractivity contribution in [1.29, 1.82) is 0 Å². The van der Waals surface area contributed by atoms with Gasteiger partial charge in [-0.05, 0) is 27.7 Å². The maximum atomic E-state index is 11.0. The smallest absolute Gasteiger partial charge is 0.333 e. The normalized spacial score (nSPS) is 12.8. The first-order valence-electron chi connectivity index (χ1n) is 5.57. The third-order valence-electron chi connectivity index (χ3n) is 2.32. The third-order valence-corrected chi connectivity index (χ3v) is 2.32. The predicted octanol–water partition coefficient (Wildman–Crippen LogP) is 1.44. The van der Waals surface area contributed by atoms with Crippen molar-refractivity contribution < 1.29 is 4.92 Å². The molecule has 1 unspecified atom stereocenters. The highest BCUT2D eigenvalue weighted by atomic mass is 16.6. The van der Waals surface area contributed by atoms with Gasteiger partial charge in [-0.15, -0.1) is 0 Å². The van der Waals surface area contributed by atoms with E-state index in [9.17, 15) is 10.1 Å². The summed E-state index contributed by atoms with van der Waals surface area (Å²) >= 11 is 0. The maximum Gasteiger partial charge on any atom is 0.333 e. The van der Waals surface area contributed by atoms with Gasteiger partial charge in [0.1, 0.15) is 5.69 Å². The Bertz CT molecular complexity index is 411. The molecule has 0 bridgehead atoms. The Morgan fingerprint density at radius 3 is 2.53 bits per heavy atom. The number of anilines is 1. The number of rotatable bonds is 5. The van der Waals surface area contributed by atoms with Crippen LogP contribution in [-0.4, -0.2) is 27.3 Å². The lowest BCUT2D eigenvalue weighted by Crippen LogP contribution is -2.26. The summed E-state index contributed by atoms with van der Waals surface area (Å²) in [4.78, 5) is 10.6. The van der Waals surface area contributed by atoms with Crippen molar-refractivity contribution in [1.82, 2.24) is 9.78 Å². The average molecular weight is 241 g/mol. The summed E-state index contributed by atoms with van der Waals surface area (Å²) in [6, 6.07) is -0.0246. The van der Waals surface area contributed by atoms with Crippen LogP contribution in [0.5, 0.6) is 0 Å². The number of nitrogens with one attached hydrogen (secondary N) is 1. The lowest BCUT2D eigenvalue weighted by molar-refractivity contribution is -0.384. The molecule has 17 heavy (non-hydrogen) atoms. The number of nitro groups is 1. The second-order valence-electron chi connectivity index (χ2n) is 4.44. The van der Waals surface area contributed by atoms with Crippen molar-refractivity contribution in [2.24, 2.45) is 5.73 Å². The van der Waals surface area contributed by atoms with Crippen LogP contribution in [0.25, 0.3) is 0 Å². The number of aromatic nitrogens is 2. The molecule has 0 saturated heterocycles. The largest absolute Gasteiger partial charge is 0.363 e. The zero-order valence-corrected chi connectivity index (χ0v) is 10.6. The molecule has 1 aromatic heterocycles. The molecular formula is C10H19N5O2. The van der Waals surface area contributed by atoms with Crippen molar-refractivity contribution in [2.45, 2.75) is 39.8 Å². The highest BCUT2D eigenvalue weighted by molar-refractivity contribution is 5.59. The van der Waals surface area contributed by atoms with Crippen LogP contribution in [0.2, 0.25) is 0 Å². The van der Waals surface area contributed by atoms with E-state index in [-0.39, 0.29) is 17.8 Å². The minimum atomic E-state index is -0.412. The molecule has 1 rings (SSSR count). The summed E-state index contributed by atoms with van der Waals surface area (Å²) in [6.07, 6.45) is 0. The van der Waals surface area contributed by atoms with Crippen LogP contribution in [0.3, 0.4) is 0 Å². The summed E-state index contributed by atoms with van der Waals surface area (Å²) < 4.78 is 1.62. The first-order chi connectivity index (χ1) is 7.84. The van der Waals surface area contributed by atoms with Crippen LogP contribution >= 0.6 is 0 Å². The molecule has 1 heterocycles. The van der Waals surface area contributed by atoms with Crippen LogP contribution < -0.4 is 11.1 Å². The van der Waals surface area contributed by atoms with E-state index in [1.165, 1.54) is 0 Å². The molecule has 0 aromatic carbocycles. The Kier molecular flexibility index (Phi) is 4.06. The molecule has 0 fully saturated rings. The zero-order chi connectivity index (χ0) is 13.2. The lowest BCUT2D eigenvalue weighted by Gasteiger charge is -2.13. The number of nitrogens with zero attached hydrogens (tertiary/aromatic N) is 3. The van der Waals surface area contributed by atoms with Crippen LogP contribution in [0.4, 0.5) is 11.5 Å². The van der Waals surface area contributed by atoms with Gasteiger partial charge >= 0.3 is 5.69 Å². The molecule has 0 radical (unpaired) electrons. The van der Waals surface area contributed by atoms with E-state index in [4.69, 9.17) is 5.73 Å². The SMILES string of the molecule is Cc1nn(C(C)C)c(NCC(C)N)c1[N+](=O)[O-]. The van der Waals surface area contributed by atoms with Crippen LogP contribution in [0.1, 0.15) is 32.5 Å². The van der Waals surface area contributed by atoms with Gasteiger partial charge < -0.3 is 11.1 Å². The minimum Gasteiger partial charge on any atom is -0.363 e. The van der Waals surface area contributed by atoms with Gasteiger partial charge in [0.15, 0.2) is 0 Å². The fraction of sp³-hybridized carbons (Fsp3) is 0.700. The molecule has 96 valence electrons. The van der Waals surface area contributed by atoms with Crippen molar-refractivity contribution in [3.8, 4) is 0 Å². The standard InChI is InChI=1S/C10H19N5O2/c1-6(2)14-10(12-5-7(3)11)9(15(16)17)8(4)13-14/h6-7,12H,5,11H2,1-4H3. The second-order valence-corrected chi connectivity index (χ2v) is 4.44. The Balaban J connectivity index is 3.16. The molecule has 0 amide bonds. The highest BCUT2D eigenvalue weighted by Gasteiger charge is 2.26. The fourth-order valence-corrected chi connectivity index (χ4v) is 1.55. The van der Waals surface area contributed by atoms with Gasteiger partial charge in [-0.3, -0.25) is 10.1 Å². The maximum absolute atomic E-state index is 11.0. The molecule has 0 aliphatic rings. The monoisotopic (exact) mass is 241 g/mol. The Morgan fingerprint density at radius 1 is 1.53 bits per heavy atom. The topological polar surface area (TPSA) is 99.0 Å². The van der Waals surface area contributed by atoms with E-state index in [1.54, 1.807) is 11.6 Å². The fourth-order valence-electron chi connectivity index (χ4n) is 1.55. The van der Waals surface area contributed by atoms with Gasteiger partial charge in [0, 0.05) is 18.6 Å². The number of hydrogen-bond donors (Lipinski definition) is 2. The number of nitrogens with two attached hydrogens (primary N) is 1. The minimum absolute atomic E-state index is 0.0272. The summed E-state index contributed by atoms with van der Waals surface area (Å²) in [7, 11) is 0. The van der Waals surface area contributed by atoms with E-state index < -0.39 is 4.92 Å². The van der Waals surface area contributed by atoms with E-state index in [1.807, 2.05) is 20.8 Å². The molecule has 0 aliphatic carbocycles. The van der Waals surface area contributed by atoms with E-state index in [0.29, 0.717) is 18.1 Å². The molecular weight excluding hydrogens is 222 g/mol. The lowest BCUT2D eigenvalue weighted by atomic mass is 10.3. The third kappa shape index (κ3) is 2.94. The summed E-state index contributed by atoms with van der Waals surface area (Å²) in [5.41, 5.74) is 6.08. The molecule has 1 aromatic rings. The Hall–Kier alpha value is -1.63. The Labute approximate surface area is 100 Å². The van der Waals surface area contributed by atoms with Crippen LogP contribution in [0.15, 0.2) is 0 Å². The highest BCUT2D eigenvalue weighted by Crippen LogP contribution is 2.30. The van der Waals surface area contributed by atoms with Crippen molar-refractivity contribution in [3.63, 3.8) is 0 Å². The van der Waals surface area contributed by atoms with Crippen molar-refractivity contribution in [2.75, 3.05) is 11.9 Å². The second kappa shape index (κ2) is 5.13. The van der Waals surface area contributed by atoms with Crippen LogP contribution in [-0.2, 0) is 0 Å². The Morgan fingerprint density at radius 2 is 2.12 bits per heavy atom. The first kappa shape index (κ1) is 13.4. The molecule has 7 nitrogen and oxygen atoms in total. The van der Waals surface area contributed by atoms with Crippen molar-refractivity contribution >= 4 is 11.5 Å². The van der Waals surface area contributed by atoms with Gasteiger partial charge in [-0.2, -0.15) is 5.10 Å². The molecule has 7 heteroatoms. The van der Waals surface area contributed by atoms with Crippen LogP contribution in [0, 0.1) is 17.0 Å². The molecule has 0 aliphatic heterocycles. The van der Waals surface area contributed by atoms with Crippen molar-refractivity contribution in [3.05, 3.63) is 15.8 Å².